The minimum atomic E-state index is 0.0502. The van der Waals surface area contributed by atoms with Gasteiger partial charge in [0.2, 0.25) is 5.91 Å². The van der Waals surface area contributed by atoms with Crippen LogP contribution in [0.1, 0.15) is 36.8 Å². The van der Waals surface area contributed by atoms with E-state index in [0.717, 1.165) is 11.1 Å². The van der Waals surface area contributed by atoms with Crippen LogP contribution in [-0.2, 0) is 17.9 Å². The lowest BCUT2D eigenvalue weighted by Gasteiger charge is -2.06. The highest BCUT2D eigenvalue weighted by molar-refractivity contribution is 5.82. The van der Waals surface area contributed by atoms with Crippen LogP contribution in [0.3, 0.4) is 0 Å². The fourth-order valence-electron chi connectivity index (χ4n) is 3.53. The largest absolute Gasteiger partial charge is 0.392 e. The topological polar surface area (TPSA) is 49.3 Å². The molecule has 3 heteroatoms. The molecule has 0 heterocycles. The highest BCUT2D eigenvalue weighted by Gasteiger charge is 2.54. The Morgan fingerprint density at radius 3 is 2.58 bits per heavy atom. The van der Waals surface area contributed by atoms with Crippen LogP contribution in [0.25, 0.3) is 0 Å². The summed E-state index contributed by atoms with van der Waals surface area (Å²) >= 11 is 0. The van der Waals surface area contributed by atoms with Crippen LogP contribution in [0.4, 0.5) is 0 Å². The number of rotatable bonds is 4. The molecule has 0 aliphatic heterocycles. The lowest BCUT2D eigenvalue weighted by molar-refractivity contribution is -0.123. The molecule has 0 bridgehead atoms. The van der Waals surface area contributed by atoms with Crippen molar-refractivity contribution in [3.05, 3.63) is 35.4 Å². The molecule has 1 aromatic rings. The van der Waals surface area contributed by atoms with E-state index in [9.17, 15) is 4.79 Å². The first-order valence-electron chi connectivity index (χ1n) is 7.26. The molecule has 2 aliphatic rings. The highest BCUT2D eigenvalue weighted by Crippen LogP contribution is 2.55. The Bertz CT molecular complexity index is 460. The van der Waals surface area contributed by atoms with Gasteiger partial charge in [-0.25, -0.2) is 0 Å². The molecule has 2 atom stereocenters. The highest BCUT2D eigenvalue weighted by atomic mass is 16.3. The summed E-state index contributed by atoms with van der Waals surface area (Å²) in [4.78, 5) is 12.1. The van der Waals surface area contributed by atoms with E-state index in [2.05, 4.69) is 5.32 Å². The number of hydrogen-bond acceptors (Lipinski definition) is 2. The first kappa shape index (κ1) is 12.7. The van der Waals surface area contributed by atoms with Crippen LogP contribution >= 0.6 is 0 Å². The zero-order valence-electron chi connectivity index (χ0n) is 11.1. The lowest BCUT2D eigenvalue weighted by atomic mass is 10.0. The number of carbonyl (C=O) groups is 1. The molecule has 1 aromatic carbocycles. The molecule has 0 radical (unpaired) electrons. The van der Waals surface area contributed by atoms with Crippen molar-refractivity contribution in [2.24, 2.45) is 17.8 Å². The van der Waals surface area contributed by atoms with Crippen molar-refractivity contribution in [1.29, 1.82) is 0 Å². The molecular formula is C16H21NO2. The zero-order chi connectivity index (χ0) is 13.2. The van der Waals surface area contributed by atoms with E-state index in [1.165, 1.54) is 25.7 Å². The van der Waals surface area contributed by atoms with Crippen molar-refractivity contribution in [3.63, 3.8) is 0 Å². The summed E-state index contributed by atoms with van der Waals surface area (Å²) in [6, 6.07) is 7.74. The minimum Gasteiger partial charge on any atom is -0.392 e. The van der Waals surface area contributed by atoms with Gasteiger partial charge in [0, 0.05) is 12.5 Å². The Balaban J connectivity index is 1.53. The fourth-order valence-corrected chi connectivity index (χ4v) is 3.53. The lowest BCUT2D eigenvalue weighted by Crippen LogP contribution is -2.25. The second-order valence-electron chi connectivity index (χ2n) is 5.83. The second kappa shape index (κ2) is 5.33. The van der Waals surface area contributed by atoms with Crippen molar-refractivity contribution >= 4 is 5.91 Å². The van der Waals surface area contributed by atoms with E-state index in [4.69, 9.17) is 5.11 Å². The summed E-state index contributed by atoms with van der Waals surface area (Å²) in [7, 11) is 0. The van der Waals surface area contributed by atoms with E-state index in [-0.39, 0.29) is 18.4 Å². The summed E-state index contributed by atoms with van der Waals surface area (Å²) < 4.78 is 0. The van der Waals surface area contributed by atoms with Gasteiger partial charge in [-0.3, -0.25) is 4.79 Å². The molecule has 3 nitrogen and oxygen atoms in total. The normalized spacial score (nSPS) is 28.6. The number of fused-ring (bicyclic) bond motifs is 1. The van der Waals surface area contributed by atoms with Gasteiger partial charge in [-0.05, 0) is 35.8 Å². The summed E-state index contributed by atoms with van der Waals surface area (Å²) in [6.07, 6.45) is 5.07. The number of benzene rings is 1. The van der Waals surface area contributed by atoms with Gasteiger partial charge in [-0.2, -0.15) is 0 Å². The van der Waals surface area contributed by atoms with Crippen molar-refractivity contribution in [2.45, 2.75) is 38.8 Å². The first-order valence-corrected chi connectivity index (χ1v) is 7.26. The third-order valence-corrected chi connectivity index (χ3v) is 4.60. The van der Waals surface area contributed by atoms with Crippen LogP contribution in [-0.4, -0.2) is 11.0 Å². The first-order chi connectivity index (χ1) is 9.29. The standard InChI is InChI=1S/C16H21NO2/c18-10-12-5-3-4-11(8-12)9-17-16(19)15-13-6-1-2-7-14(13)15/h3-5,8,13-15,18H,1-2,6-7,9-10H2,(H,17,19). The van der Waals surface area contributed by atoms with E-state index in [1.54, 1.807) is 0 Å². The quantitative estimate of drug-likeness (QED) is 0.871. The van der Waals surface area contributed by atoms with Crippen LogP contribution in [0.15, 0.2) is 24.3 Å². The molecule has 2 unspecified atom stereocenters. The Labute approximate surface area is 114 Å². The van der Waals surface area contributed by atoms with Crippen LogP contribution in [0, 0.1) is 17.8 Å². The van der Waals surface area contributed by atoms with Gasteiger partial charge in [-0.15, -0.1) is 0 Å². The average Bonchev–Trinajstić information content (AvgIpc) is 3.19. The molecule has 19 heavy (non-hydrogen) atoms. The molecule has 2 aliphatic carbocycles. The fraction of sp³-hybridized carbons (Fsp3) is 0.562. The van der Waals surface area contributed by atoms with Gasteiger partial charge in [0.05, 0.1) is 6.61 Å². The van der Waals surface area contributed by atoms with Gasteiger partial charge in [0.25, 0.3) is 0 Å². The summed E-state index contributed by atoms with van der Waals surface area (Å²) in [5, 5.41) is 12.1. The Morgan fingerprint density at radius 2 is 1.89 bits per heavy atom. The maximum atomic E-state index is 12.1. The predicted octanol–water partition coefficient (Wildman–Crippen LogP) is 2.23. The van der Waals surface area contributed by atoms with Crippen molar-refractivity contribution in [2.75, 3.05) is 0 Å². The van der Waals surface area contributed by atoms with E-state index in [0.29, 0.717) is 18.4 Å². The van der Waals surface area contributed by atoms with E-state index >= 15 is 0 Å². The van der Waals surface area contributed by atoms with Gasteiger partial charge in [-0.1, -0.05) is 37.1 Å². The number of aliphatic hydroxyl groups excluding tert-OH is 1. The molecule has 102 valence electrons. The molecule has 1 amide bonds. The van der Waals surface area contributed by atoms with Crippen molar-refractivity contribution in [3.8, 4) is 0 Å². The molecule has 3 rings (SSSR count). The average molecular weight is 259 g/mol. The summed E-state index contributed by atoms with van der Waals surface area (Å²) in [5.74, 6) is 1.84. The summed E-state index contributed by atoms with van der Waals surface area (Å²) in [6.45, 7) is 0.622. The molecule has 2 saturated carbocycles. The third kappa shape index (κ3) is 2.66. The van der Waals surface area contributed by atoms with Crippen LogP contribution < -0.4 is 5.32 Å². The molecule has 2 N–H and O–H groups in total. The maximum absolute atomic E-state index is 12.1. The molecular weight excluding hydrogens is 238 g/mol. The van der Waals surface area contributed by atoms with Gasteiger partial charge >= 0.3 is 0 Å². The molecule has 0 saturated heterocycles. The van der Waals surface area contributed by atoms with Crippen LogP contribution in [0.5, 0.6) is 0 Å². The zero-order valence-corrected chi connectivity index (χ0v) is 11.1. The van der Waals surface area contributed by atoms with Gasteiger partial charge < -0.3 is 10.4 Å². The Hall–Kier alpha value is -1.35. The second-order valence-corrected chi connectivity index (χ2v) is 5.83. The van der Waals surface area contributed by atoms with Crippen molar-refractivity contribution in [1.82, 2.24) is 5.32 Å². The Kier molecular flexibility index (Phi) is 3.56. The van der Waals surface area contributed by atoms with Gasteiger partial charge in [0.15, 0.2) is 0 Å². The summed E-state index contributed by atoms with van der Waals surface area (Å²) in [5.41, 5.74) is 1.95. The predicted molar refractivity (Wildman–Crippen MR) is 73.1 cm³/mol. The molecule has 0 spiro atoms. The smallest absolute Gasteiger partial charge is 0.223 e. The SMILES string of the molecule is O=C(NCc1cccc(CO)c1)C1C2CCCCC21. The third-order valence-electron chi connectivity index (χ3n) is 4.60. The monoisotopic (exact) mass is 259 g/mol. The minimum absolute atomic E-state index is 0.0502. The van der Waals surface area contributed by atoms with Crippen LogP contribution in [0.2, 0.25) is 0 Å². The number of nitrogens with one attached hydrogen (secondary N) is 1. The number of hydrogen-bond donors (Lipinski definition) is 2. The molecule has 2 fully saturated rings. The molecule has 0 aromatic heterocycles. The number of aliphatic hydroxyl groups is 1. The van der Waals surface area contributed by atoms with E-state index < -0.39 is 0 Å². The van der Waals surface area contributed by atoms with Crippen molar-refractivity contribution < 1.29 is 9.90 Å². The number of carbonyl (C=O) groups excluding carboxylic acids is 1. The van der Waals surface area contributed by atoms with E-state index in [1.807, 2.05) is 24.3 Å². The van der Waals surface area contributed by atoms with Gasteiger partial charge in [0.1, 0.15) is 0 Å². The Morgan fingerprint density at radius 1 is 1.21 bits per heavy atom. The number of amides is 1. The maximum Gasteiger partial charge on any atom is 0.223 e.